The van der Waals surface area contributed by atoms with E-state index < -0.39 is 5.60 Å². The highest BCUT2D eigenvalue weighted by Gasteiger charge is 2.41. The average molecular weight is 350 g/mol. The zero-order valence-corrected chi connectivity index (χ0v) is 15.6. The number of hydrogen-bond donors (Lipinski definition) is 0. The zero-order chi connectivity index (χ0) is 18.5. The van der Waals surface area contributed by atoms with Gasteiger partial charge in [0, 0.05) is 0 Å². The topological polar surface area (TPSA) is 76.9 Å². The first kappa shape index (κ1) is 17.6. The van der Waals surface area contributed by atoms with Crippen molar-refractivity contribution in [2.75, 3.05) is 4.90 Å². The molecular weight excluding hydrogens is 324 g/mol. The molecule has 8 nitrogen and oxygen atoms in total. The van der Waals surface area contributed by atoms with Crippen LogP contribution in [0.15, 0.2) is 6.20 Å². The van der Waals surface area contributed by atoms with Gasteiger partial charge in [-0.05, 0) is 41.5 Å². The fraction of sp³-hybridized carbons (Fsp3) is 0.706. The Hall–Kier alpha value is -2.25. The molecule has 138 valence electrons. The Morgan fingerprint density at radius 3 is 2.56 bits per heavy atom. The van der Waals surface area contributed by atoms with Crippen LogP contribution in [0.25, 0.3) is 0 Å². The second kappa shape index (κ2) is 5.93. The number of anilines is 1. The van der Waals surface area contributed by atoms with Crippen LogP contribution in [0.4, 0.5) is 15.3 Å². The number of cyclic esters (lactones) is 1. The molecule has 0 bridgehead atoms. The van der Waals surface area contributed by atoms with Crippen molar-refractivity contribution >= 4 is 17.9 Å². The maximum absolute atomic E-state index is 12.5. The summed E-state index contributed by atoms with van der Waals surface area (Å²) in [5.41, 5.74) is 0.962. The molecule has 25 heavy (non-hydrogen) atoms. The van der Waals surface area contributed by atoms with Crippen molar-refractivity contribution in [1.29, 1.82) is 0 Å². The van der Waals surface area contributed by atoms with Crippen LogP contribution in [0, 0.1) is 0 Å². The summed E-state index contributed by atoms with van der Waals surface area (Å²) in [6.45, 7) is 12.2. The van der Waals surface area contributed by atoms with E-state index in [1.165, 1.54) is 0 Å². The van der Waals surface area contributed by atoms with Crippen molar-refractivity contribution in [3.63, 3.8) is 0 Å². The van der Waals surface area contributed by atoms with Crippen molar-refractivity contribution in [3.8, 4) is 0 Å². The van der Waals surface area contributed by atoms with E-state index in [-0.39, 0.29) is 30.4 Å². The van der Waals surface area contributed by atoms with Crippen molar-refractivity contribution in [2.45, 2.75) is 78.4 Å². The van der Waals surface area contributed by atoms with Crippen LogP contribution >= 0.6 is 0 Å². The number of aromatic nitrogens is 2. The molecule has 3 atom stereocenters. The van der Waals surface area contributed by atoms with Crippen LogP contribution < -0.4 is 4.90 Å². The van der Waals surface area contributed by atoms with E-state index in [1.807, 2.05) is 46.2 Å². The number of fused-ring (bicyclic) bond motifs is 1. The Kier molecular flexibility index (Phi) is 4.17. The van der Waals surface area contributed by atoms with Crippen LogP contribution in [0.3, 0.4) is 0 Å². The second-order valence-corrected chi connectivity index (χ2v) is 7.82. The molecule has 3 rings (SSSR count). The minimum Gasteiger partial charge on any atom is -0.444 e. The Bertz CT molecular complexity index is 693. The molecule has 1 fully saturated rings. The molecule has 0 spiro atoms. The summed E-state index contributed by atoms with van der Waals surface area (Å²) in [5.74, 6) is 0. The molecule has 1 saturated heterocycles. The third-order valence-corrected chi connectivity index (χ3v) is 4.67. The predicted molar refractivity (Wildman–Crippen MR) is 91.4 cm³/mol. The van der Waals surface area contributed by atoms with Gasteiger partial charge < -0.3 is 9.47 Å². The quantitative estimate of drug-likeness (QED) is 0.778. The minimum atomic E-state index is -0.556. The van der Waals surface area contributed by atoms with Crippen LogP contribution in [0.2, 0.25) is 0 Å². The molecule has 1 aromatic heterocycles. The molecule has 0 N–H and O–H groups in total. The highest BCUT2D eigenvalue weighted by atomic mass is 16.6. The first-order chi connectivity index (χ1) is 11.6. The molecule has 0 unspecified atom stereocenters. The van der Waals surface area contributed by atoms with E-state index in [0.717, 1.165) is 5.69 Å². The van der Waals surface area contributed by atoms with Gasteiger partial charge in [-0.15, -0.1) is 0 Å². The summed E-state index contributed by atoms with van der Waals surface area (Å²) < 4.78 is 12.7. The Morgan fingerprint density at radius 1 is 1.32 bits per heavy atom. The van der Waals surface area contributed by atoms with Gasteiger partial charge in [0.1, 0.15) is 11.7 Å². The van der Waals surface area contributed by atoms with E-state index >= 15 is 0 Å². The normalized spacial score (nSPS) is 26.5. The van der Waals surface area contributed by atoms with Gasteiger partial charge in [-0.2, -0.15) is 5.10 Å². The van der Waals surface area contributed by atoms with Crippen molar-refractivity contribution in [1.82, 2.24) is 14.7 Å². The maximum atomic E-state index is 12.5. The lowest BCUT2D eigenvalue weighted by Crippen LogP contribution is -2.47. The number of carbonyl (C=O) groups excluding carboxylic acids is 2. The standard InChI is InChI=1S/C17H26N4O4/c1-10-8-20-14(9-19(10)15(22)25-17(4,5)6)13(7-18-20)21-11(2)12(3)24-16(21)23/h7,10-12H,8-9H2,1-6H3/t10-,11-,12+/m0/s1. The molecule has 2 aliphatic rings. The predicted octanol–water partition coefficient (Wildman–Crippen LogP) is 2.76. The second-order valence-electron chi connectivity index (χ2n) is 7.82. The van der Waals surface area contributed by atoms with Gasteiger partial charge in [-0.1, -0.05) is 0 Å². The summed E-state index contributed by atoms with van der Waals surface area (Å²) in [4.78, 5) is 28.0. The van der Waals surface area contributed by atoms with E-state index in [4.69, 9.17) is 9.47 Å². The lowest BCUT2D eigenvalue weighted by atomic mass is 10.1. The first-order valence-electron chi connectivity index (χ1n) is 8.62. The maximum Gasteiger partial charge on any atom is 0.415 e. The lowest BCUT2D eigenvalue weighted by Gasteiger charge is -2.36. The molecule has 2 amide bonds. The SMILES string of the molecule is C[C@H]1OC(=O)N(c2cnn3c2CN(C(=O)OC(C)(C)C)[C@@H](C)C3)[C@H]1C. The number of rotatable bonds is 1. The molecule has 0 aliphatic carbocycles. The van der Waals surface area contributed by atoms with Crippen molar-refractivity contribution in [3.05, 3.63) is 11.9 Å². The Labute approximate surface area is 147 Å². The molecule has 2 aliphatic heterocycles. The van der Waals surface area contributed by atoms with Crippen LogP contribution in [-0.2, 0) is 22.6 Å². The number of carbonyl (C=O) groups is 2. The number of hydrogen-bond acceptors (Lipinski definition) is 5. The molecule has 8 heteroatoms. The van der Waals surface area contributed by atoms with E-state index in [2.05, 4.69) is 5.10 Å². The summed E-state index contributed by atoms with van der Waals surface area (Å²) >= 11 is 0. The summed E-state index contributed by atoms with van der Waals surface area (Å²) in [7, 11) is 0. The van der Waals surface area contributed by atoms with E-state index in [1.54, 1.807) is 16.0 Å². The minimum absolute atomic E-state index is 0.0445. The van der Waals surface area contributed by atoms with E-state index in [9.17, 15) is 9.59 Å². The number of amides is 2. The molecule has 3 heterocycles. The Balaban J connectivity index is 1.88. The fourth-order valence-electron chi connectivity index (χ4n) is 3.16. The monoisotopic (exact) mass is 350 g/mol. The summed E-state index contributed by atoms with van der Waals surface area (Å²) in [6.07, 6.45) is 0.755. The number of ether oxygens (including phenoxy) is 2. The smallest absolute Gasteiger partial charge is 0.415 e. The van der Waals surface area contributed by atoms with Gasteiger partial charge in [0.25, 0.3) is 0 Å². The molecular formula is C17H26N4O4. The summed E-state index contributed by atoms with van der Waals surface area (Å²) in [6, 6.07) is -0.132. The van der Waals surface area contributed by atoms with Gasteiger partial charge >= 0.3 is 12.2 Å². The fourth-order valence-corrected chi connectivity index (χ4v) is 3.16. The van der Waals surface area contributed by atoms with Crippen LogP contribution in [-0.4, -0.2) is 50.7 Å². The first-order valence-corrected chi connectivity index (χ1v) is 8.62. The third kappa shape index (κ3) is 3.17. The van der Waals surface area contributed by atoms with Gasteiger partial charge in [0.15, 0.2) is 0 Å². The highest BCUT2D eigenvalue weighted by Crippen LogP contribution is 2.33. The van der Waals surface area contributed by atoms with Gasteiger partial charge in [0.2, 0.25) is 0 Å². The van der Waals surface area contributed by atoms with Crippen LogP contribution in [0.5, 0.6) is 0 Å². The third-order valence-electron chi connectivity index (χ3n) is 4.67. The molecule has 1 aromatic rings. The summed E-state index contributed by atoms with van der Waals surface area (Å²) in [5, 5.41) is 4.40. The van der Waals surface area contributed by atoms with Gasteiger partial charge in [-0.3, -0.25) is 14.5 Å². The lowest BCUT2D eigenvalue weighted by molar-refractivity contribution is 0.00913. The van der Waals surface area contributed by atoms with Crippen molar-refractivity contribution < 1.29 is 19.1 Å². The molecule has 0 saturated carbocycles. The highest BCUT2D eigenvalue weighted by molar-refractivity contribution is 5.91. The Morgan fingerprint density at radius 2 is 2.00 bits per heavy atom. The van der Waals surface area contributed by atoms with Crippen molar-refractivity contribution in [2.24, 2.45) is 0 Å². The molecule has 0 aromatic carbocycles. The molecule has 0 radical (unpaired) electrons. The van der Waals surface area contributed by atoms with Crippen LogP contribution in [0.1, 0.15) is 47.2 Å². The number of nitrogens with zero attached hydrogens (tertiary/aromatic N) is 4. The van der Waals surface area contributed by atoms with E-state index in [0.29, 0.717) is 18.8 Å². The van der Waals surface area contributed by atoms with Gasteiger partial charge in [-0.25, -0.2) is 9.59 Å². The largest absolute Gasteiger partial charge is 0.444 e. The van der Waals surface area contributed by atoms with Gasteiger partial charge in [0.05, 0.1) is 42.8 Å². The zero-order valence-electron chi connectivity index (χ0n) is 15.6. The average Bonchev–Trinajstić information content (AvgIpc) is 2.97.